The highest BCUT2D eigenvalue weighted by atomic mass is 32.2. The molecule has 4 rings (SSSR count). The molecule has 1 aromatic carbocycles. The number of nitrogens with one attached hydrogen (secondary N) is 1. The van der Waals surface area contributed by atoms with Gasteiger partial charge >= 0.3 is 0 Å². The topological polar surface area (TPSA) is 77.8 Å². The quantitative estimate of drug-likeness (QED) is 0.508. The molecule has 3 heterocycles. The second-order valence-electron chi connectivity index (χ2n) is 6.28. The molecule has 0 amide bonds. The van der Waals surface area contributed by atoms with Gasteiger partial charge in [-0.3, -0.25) is 0 Å². The predicted octanol–water partition coefficient (Wildman–Crippen LogP) is 3.59. The zero-order valence-corrected chi connectivity index (χ0v) is 17.0. The molecule has 0 unspecified atom stereocenters. The van der Waals surface area contributed by atoms with Crippen molar-refractivity contribution in [3.8, 4) is 5.75 Å². The Kier molecular flexibility index (Phi) is 5.24. The normalized spacial score (nSPS) is 11.7. The maximum atomic E-state index is 5.45. The lowest BCUT2D eigenvalue weighted by Gasteiger charge is -2.10. The fraction of sp³-hybridized carbons (Fsp3) is 0.333. The van der Waals surface area contributed by atoms with Gasteiger partial charge in [-0.25, -0.2) is 19.9 Å². The Hall–Kier alpha value is -2.23. The molecule has 7 nitrogen and oxygen atoms in total. The molecule has 0 bridgehead atoms. The molecule has 4 aromatic rings. The maximum absolute atomic E-state index is 5.45. The van der Waals surface area contributed by atoms with Crippen LogP contribution in [0.1, 0.15) is 13.8 Å². The van der Waals surface area contributed by atoms with Crippen LogP contribution in [0.3, 0.4) is 0 Å². The van der Waals surface area contributed by atoms with E-state index >= 15 is 0 Å². The minimum Gasteiger partial charge on any atom is -0.495 e. The molecular formula is C18H20N6OS2. The Balaban J connectivity index is 1.68. The number of hydrogen-bond donors (Lipinski definition) is 1. The molecule has 9 heteroatoms. The fourth-order valence-electron chi connectivity index (χ4n) is 2.79. The van der Waals surface area contributed by atoms with Crippen LogP contribution in [0.15, 0.2) is 40.2 Å². The van der Waals surface area contributed by atoms with Gasteiger partial charge in [0.15, 0.2) is 15.1 Å². The van der Waals surface area contributed by atoms with Crippen LogP contribution in [0.5, 0.6) is 5.75 Å². The van der Waals surface area contributed by atoms with Gasteiger partial charge in [-0.2, -0.15) is 0 Å². The lowest BCUT2D eigenvalue weighted by atomic mass is 10.3. The second-order valence-corrected chi connectivity index (χ2v) is 8.49. The molecule has 140 valence electrons. The van der Waals surface area contributed by atoms with Crippen molar-refractivity contribution in [3.63, 3.8) is 0 Å². The molecule has 0 aliphatic rings. The SMILES string of the molecule is COc1cccc2nc(Sc3nc4cncnc4n3CCNC(C)C)sc12. The Morgan fingerprint density at radius 1 is 1.26 bits per heavy atom. The maximum Gasteiger partial charge on any atom is 0.177 e. The van der Waals surface area contributed by atoms with E-state index < -0.39 is 0 Å². The summed E-state index contributed by atoms with van der Waals surface area (Å²) in [5, 5.41) is 4.31. The summed E-state index contributed by atoms with van der Waals surface area (Å²) in [5.74, 6) is 0.845. The summed E-state index contributed by atoms with van der Waals surface area (Å²) in [5.41, 5.74) is 2.57. The summed E-state index contributed by atoms with van der Waals surface area (Å²) >= 11 is 3.16. The number of aromatic nitrogens is 5. The average molecular weight is 401 g/mol. The molecule has 0 aliphatic heterocycles. The molecular weight excluding hydrogens is 380 g/mol. The van der Waals surface area contributed by atoms with E-state index in [-0.39, 0.29) is 0 Å². The number of methoxy groups -OCH3 is 1. The molecule has 1 N–H and O–H groups in total. The molecule has 0 saturated carbocycles. The van der Waals surface area contributed by atoms with Gasteiger partial charge in [0.1, 0.15) is 17.6 Å². The van der Waals surface area contributed by atoms with E-state index in [1.54, 1.807) is 42.7 Å². The Morgan fingerprint density at radius 2 is 2.15 bits per heavy atom. The number of hydrogen-bond acceptors (Lipinski definition) is 8. The summed E-state index contributed by atoms with van der Waals surface area (Å²) in [7, 11) is 1.68. The van der Waals surface area contributed by atoms with Gasteiger partial charge in [0, 0.05) is 19.1 Å². The number of rotatable bonds is 7. The molecule has 0 fully saturated rings. The van der Waals surface area contributed by atoms with Crippen molar-refractivity contribution in [1.82, 2.24) is 29.8 Å². The van der Waals surface area contributed by atoms with Crippen LogP contribution in [0.4, 0.5) is 0 Å². The molecule has 0 radical (unpaired) electrons. The minimum atomic E-state index is 0.433. The average Bonchev–Trinajstić information content (AvgIpc) is 3.22. The zero-order chi connectivity index (χ0) is 18.8. The third-order valence-corrected chi connectivity index (χ3v) is 6.16. The highest BCUT2D eigenvalue weighted by Crippen LogP contribution is 2.38. The summed E-state index contributed by atoms with van der Waals surface area (Å²) in [6, 6.07) is 6.34. The van der Waals surface area contributed by atoms with Crippen molar-refractivity contribution in [2.24, 2.45) is 0 Å². The molecule has 0 atom stereocenters. The first-order valence-corrected chi connectivity index (χ1v) is 10.3. The van der Waals surface area contributed by atoms with Crippen LogP contribution in [-0.2, 0) is 6.54 Å². The third kappa shape index (κ3) is 3.76. The number of fused-ring (bicyclic) bond motifs is 2. The first-order valence-electron chi connectivity index (χ1n) is 8.66. The lowest BCUT2D eigenvalue weighted by Crippen LogP contribution is -2.26. The van der Waals surface area contributed by atoms with Crippen LogP contribution >= 0.6 is 23.1 Å². The van der Waals surface area contributed by atoms with Crippen molar-refractivity contribution in [2.75, 3.05) is 13.7 Å². The fourth-order valence-corrected chi connectivity index (χ4v) is 4.95. The van der Waals surface area contributed by atoms with E-state index in [0.717, 1.165) is 49.7 Å². The number of nitrogens with zero attached hydrogens (tertiary/aromatic N) is 5. The molecule has 0 spiro atoms. The van der Waals surface area contributed by atoms with E-state index in [4.69, 9.17) is 14.7 Å². The Morgan fingerprint density at radius 3 is 2.96 bits per heavy atom. The van der Waals surface area contributed by atoms with Gasteiger partial charge in [0.05, 0.1) is 23.5 Å². The van der Waals surface area contributed by atoms with E-state index in [1.807, 2.05) is 18.2 Å². The van der Waals surface area contributed by atoms with E-state index in [1.165, 1.54) is 0 Å². The van der Waals surface area contributed by atoms with Gasteiger partial charge < -0.3 is 14.6 Å². The number of imidazole rings is 1. The van der Waals surface area contributed by atoms with Crippen LogP contribution in [0.25, 0.3) is 21.4 Å². The predicted molar refractivity (Wildman–Crippen MR) is 109 cm³/mol. The van der Waals surface area contributed by atoms with Crippen molar-refractivity contribution >= 4 is 44.5 Å². The first-order chi connectivity index (χ1) is 13.2. The van der Waals surface area contributed by atoms with Gasteiger partial charge in [-0.1, -0.05) is 19.9 Å². The van der Waals surface area contributed by atoms with E-state index in [9.17, 15) is 0 Å². The van der Waals surface area contributed by atoms with Crippen molar-refractivity contribution in [3.05, 3.63) is 30.7 Å². The molecule has 27 heavy (non-hydrogen) atoms. The summed E-state index contributed by atoms with van der Waals surface area (Å²) in [6.07, 6.45) is 3.31. The molecule has 3 aromatic heterocycles. The summed E-state index contributed by atoms with van der Waals surface area (Å²) in [4.78, 5) is 18.0. The highest BCUT2D eigenvalue weighted by Gasteiger charge is 2.16. The van der Waals surface area contributed by atoms with Crippen LogP contribution < -0.4 is 10.1 Å². The van der Waals surface area contributed by atoms with Gasteiger partial charge in [-0.05, 0) is 23.9 Å². The highest BCUT2D eigenvalue weighted by molar-refractivity contribution is 8.01. The number of ether oxygens (including phenoxy) is 1. The largest absolute Gasteiger partial charge is 0.495 e. The van der Waals surface area contributed by atoms with Gasteiger partial charge in [0.2, 0.25) is 0 Å². The summed E-state index contributed by atoms with van der Waals surface area (Å²) < 4.78 is 9.55. The summed E-state index contributed by atoms with van der Waals surface area (Å²) in [6.45, 7) is 5.90. The van der Waals surface area contributed by atoms with Crippen LogP contribution in [0.2, 0.25) is 0 Å². The third-order valence-electron chi connectivity index (χ3n) is 4.02. The van der Waals surface area contributed by atoms with Crippen molar-refractivity contribution in [1.29, 1.82) is 0 Å². The standard InChI is InChI=1S/C18H20N6OS2/c1-11(2)20-7-8-24-16-13(9-19-10-21-16)22-17(24)27-18-23-12-5-4-6-14(25-3)15(12)26-18/h4-6,9-11,20H,7-8H2,1-3H3. The minimum absolute atomic E-state index is 0.433. The monoisotopic (exact) mass is 400 g/mol. The zero-order valence-electron chi connectivity index (χ0n) is 15.3. The lowest BCUT2D eigenvalue weighted by molar-refractivity contribution is 0.420. The van der Waals surface area contributed by atoms with Crippen LogP contribution in [-0.4, -0.2) is 44.2 Å². The van der Waals surface area contributed by atoms with E-state index in [0.29, 0.717) is 6.04 Å². The van der Waals surface area contributed by atoms with Crippen LogP contribution in [0, 0.1) is 0 Å². The number of benzene rings is 1. The smallest absolute Gasteiger partial charge is 0.177 e. The van der Waals surface area contributed by atoms with Crippen molar-refractivity contribution < 1.29 is 4.74 Å². The van der Waals surface area contributed by atoms with Crippen molar-refractivity contribution in [2.45, 2.75) is 35.9 Å². The van der Waals surface area contributed by atoms with Gasteiger partial charge in [-0.15, -0.1) is 11.3 Å². The molecule has 0 aliphatic carbocycles. The Labute approximate surface area is 165 Å². The first kappa shape index (κ1) is 18.1. The second kappa shape index (κ2) is 7.79. The molecule has 0 saturated heterocycles. The van der Waals surface area contributed by atoms with Gasteiger partial charge in [0.25, 0.3) is 0 Å². The Bertz CT molecular complexity index is 1070. The van der Waals surface area contributed by atoms with E-state index in [2.05, 4.69) is 33.7 Å². The number of thiazole rings is 1.